The van der Waals surface area contributed by atoms with E-state index in [0.717, 1.165) is 6.42 Å². The van der Waals surface area contributed by atoms with Gasteiger partial charge in [-0.15, -0.1) is 0 Å². The largest absolute Gasteiger partial charge is 0.354 e. The number of rotatable bonds is 6. The van der Waals surface area contributed by atoms with Crippen molar-refractivity contribution in [1.29, 1.82) is 0 Å². The zero-order valence-corrected chi connectivity index (χ0v) is 14.2. The maximum Gasteiger partial charge on any atom is 0.242 e. The summed E-state index contributed by atoms with van der Waals surface area (Å²) in [5.74, 6) is -0.164. The van der Waals surface area contributed by atoms with E-state index in [1.165, 1.54) is 11.1 Å². The van der Waals surface area contributed by atoms with Crippen molar-refractivity contribution in [2.45, 2.75) is 52.2 Å². The van der Waals surface area contributed by atoms with Crippen molar-refractivity contribution in [3.8, 4) is 0 Å². The maximum absolute atomic E-state index is 12.5. The second-order valence-electron chi connectivity index (χ2n) is 6.43. The van der Waals surface area contributed by atoms with Crippen LogP contribution in [0.5, 0.6) is 0 Å². The number of amides is 2. The van der Waals surface area contributed by atoms with Gasteiger partial charge < -0.3 is 16.0 Å². The van der Waals surface area contributed by atoms with Crippen molar-refractivity contribution in [3.05, 3.63) is 35.4 Å². The zero-order valence-electron chi connectivity index (χ0n) is 14.2. The van der Waals surface area contributed by atoms with Gasteiger partial charge in [-0.1, -0.05) is 45.0 Å². The molecular formula is C18H27N3O2. The topological polar surface area (TPSA) is 70.2 Å². The minimum atomic E-state index is -0.493. The van der Waals surface area contributed by atoms with Crippen LogP contribution in [0.1, 0.15) is 38.3 Å². The molecule has 2 rings (SSSR count). The SMILES string of the molecule is CCCNC(=O)[C@@H](NC(=O)[C@@H]1Cc2ccccc2CN1)C(C)C. The summed E-state index contributed by atoms with van der Waals surface area (Å²) < 4.78 is 0. The Morgan fingerprint density at radius 3 is 2.61 bits per heavy atom. The molecular weight excluding hydrogens is 290 g/mol. The third-order valence-electron chi connectivity index (χ3n) is 4.19. The standard InChI is InChI=1S/C18H27N3O2/c1-4-9-19-18(23)16(12(2)3)21-17(22)15-10-13-7-5-6-8-14(13)11-20-15/h5-8,12,15-16,20H,4,9-11H2,1-3H3,(H,19,23)(H,21,22)/t15-,16-/m0/s1. The van der Waals surface area contributed by atoms with Gasteiger partial charge in [-0.3, -0.25) is 9.59 Å². The minimum absolute atomic E-state index is 0.0479. The first-order chi connectivity index (χ1) is 11.0. The third-order valence-corrected chi connectivity index (χ3v) is 4.19. The number of benzene rings is 1. The van der Waals surface area contributed by atoms with Crippen molar-refractivity contribution in [3.63, 3.8) is 0 Å². The second kappa shape index (κ2) is 8.11. The molecule has 1 aromatic carbocycles. The van der Waals surface area contributed by atoms with Gasteiger partial charge in [0.2, 0.25) is 11.8 Å². The lowest BCUT2D eigenvalue weighted by Gasteiger charge is -2.28. The quantitative estimate of drug-likeness (QED) is 0.742. The average molecular weight is 317 g/mol. The van der Waals surface area contributed by atoms with Gasteiger partial charge in [0.15, 0.2) is 0 Å². The third kappa shape index (κ3) is 4.55. The molecule has 0 unspecified atom stereocenters. The predicted molar refractivity (Wildman–Crippen MR) is 90.8 cm³/mol. The van der Waals surface area contributed by atoms with E-state index in [9.17, 15) is 9.59 Å². The molecule has 1 aromatic rings. The maximum atomic E-state index is 12.5. The van der Waals surface area contributed by atoms with E-state index in [4.69, 9.17) is 0 Å². The van der Waals surface area contributed by atoms with Crippen LogP contribution in [-0.2, 0) is 22.6 Å². The van der Waals surface area contributed by atoms with Crippen molar-refractivity contribution < 1.29 is 9.59 Å². The summed E-state index contributed by atoms with van der Waals surface area (Å²) in [4.78, 5) is 24.8. The highest BCUT2D eigenvalue weighted by Crippen LogP contribution is 2.16. The lowest BCUT2D eigenvalue weighted by atomic mass is 9.95. The summed E-state index contributed by atoms with van der Waals surface area (Å²) in [5.41, 5.74) is 2.43. The molecule has 1 heterocycles. The summed E-state index contributed by atoms with van der Waals surface area (Å²) >= 11 is 0. The molecule has 1 aliphatic rings. The highest BCUT2D eigenvalue weighted by molar-refractivity contribution is 5.90. The molecule has 1 aliphatic heterocycles. The molecule has 2 atom stereocenters. The molecule has 0 spiro atoms. The van der Waals surface area contributed by atoms with E-state index in [1.54, 1.807) is 0 Å². The van der Waals surface area contributed by atoms with Crippen LogP contribution in [0.3, 0.4) is 0 Å². The molecule has 0 aromatic heterocycles. The fourth-order valence-electron chi connectivity index (χ4n) is 2.79. The Bertz CT molecular complexity index is 557. The van der Waals surface area contributed by atoms with E-state index < -0.39 is 6.04 Å². The summed E-state index contributed by atoms with van der Waals surface area (Å²) in [6.45, 7) is 7.21. The van der Waals surface area contributed by atoms with Crippen molar-refractivity contribution in [2.24, 2.45) is 5.92 Å². The number of carbonyl (C=O) groups is 2. The highest BCUT2D eigenvalue weighted by Gasteiger charge is 2.29. The first-order valence-corrected chi connectivity index (χ1v) is 8.41. The molecule has 5 nitrogen and oxygen atoms in total. The normalized spacial score (nSPS) is 18.2. The molecule has 3 N–H and O–H groups in total. The van der Waals surface area contributed by atoms with Crippen LogP contribution in [-0.4, -0.2) is 30.4 Å². The highest BCUT2D eigenvalue weighted by atomic mass is 16.2. The summed E-state index contributed by atoms with van der Waals surface area (Å²) in [6.07, 6.45) is 1.54. The summed E-state index contributed by atoms with van der Waals surface area (Å²) in [6, 6.07) is 7.36. The molecule has 2 amide bonds. The van der Waals surface area contributed by atoms with Crippen LogP contribution in [0.25, 0.3) is 0 Å². The van der Waals surface area contributed by atoms with Gasteiger partial charge in [-0.25, -0.2) is 0 Å². The second-order valence-corrected chi connectivity index (χ2v) is 6.43. The van der Waals surface area contributed by atoms with Gasteiger partial charge in [-0.05, 0) is 29.9 Å². The van der Waals surface area contributed by atoms with Crippen molar-refractivity contribution in [2.75, 3.05) is 6.54 Å². The minimum Gasteiger partial charge on any atom is -0.354 e. The van der Waals surface area contributed by atoms with Crippen LogP contribution in [0.15, 0.2) is 24.3 Å². The fourth-order valence-corrected chi connectivity index (χ4v) is 2.79. The number of hydrogen-bond donors (Lipinski definition) is 3. The Hall–Kier alpha value is -1.88. The molecule has 5 heteroatoms. The molecule has 0 bridgehead atoms. The first-order valence-electron chi connectivity index (χ1n) is 8.41. The summed E-state index contributed by atoms with van der Waals surface area (Å²) in [7, 11) is 0. The molecule has 0 saturated carbocycles. The Morgan fingerprint density at radius 2 is 1.96 bits per heavy atom. The van der Waals surface area contributed by atoms with E-state index in [0.29, 0.717) is 19.5 Å². The number of carbonyl (C=O) groups excluding carboxylic acids is 2. The van der Waals surface area contributed by atoms with E-state index in [2.05, 4.69) is 28.1 Å². The molecule has 126 valence electrons. The lowest BCUT2D eigenvalue weighted by molar-refractivity contribution is -0.131. The molecule has 0 fully saturated rings. The Kier molecular flexibility index (Phi) is 6.16. The first kappa shape index (κ1) is 17.5. The van der Waals surface area contributed by atoms with Crippen LogP contribution in [0, 0.1) is 5.92 Å². The molecule has 23 heavy (non-hydrogen) atoms. The van der Waals surface area contributed by atoms with E-state index in [-0.39, 0.29) is 23.8 Å². The predicted octanol–water partition coefficient (Wildman–Crippen LogP) is 1.37. The Morgan fingerprint density at radius 1 is 1.26 bits per heavy atom. The average Bonchev–Trinajstić information content (AvgIpc) is 2.56. The molecule has 0 radical (unpaired) electrons. The smallest absolute Gasteiger partial charge is 0.242 e. The van der Waals surface area contributed by atoms with Gasteiger partial charge in [0.25, 0.3) is 0 Å². The van der Waals surface area contributed by atoms with E-state index >= 15 is 0 Å². The van der Waals surface area contributed by atoms with Crippen molar-refractivity contribution in [1.82, 2.24) is 16.0 Å². The van der Waals surface area contributed by atoms with Gasteiger partial charge in [0, 0.05) is 13.1 Å². The lowest BCUT2D eigenvalue weighted by Crippen LogP contribution is -2.56. The monoisotopic (exact) mass is 317 g/mol. The van der Waals surface area contributed by atoms with Gasteiger partial charge in [0.1, 0.15) is 6.04 Å². The van der Waals surface area contributed by atoms with Crippen LogP contribution in [0.4, 0.5) is 0 Å². The fraction of sp³-hybridized carbons (Fsp3) is 0.556. The summed E-state index contributed by atoms with van der Waals surface area (Å²) in [5, 5.41) is 9.03. The van der Waals surface area contributed by atoms with Crippen LogP contribution >= 0.6 is 0 Å². The van der Waals surface area contributed by atoms with E-state index in [1.807, 2.05) is 32.9 Å². The molecule has 0 aliphatic carbocycles. The van der Waals surface area contributed by atoms with Gasteiger partial charge >= 0.3 is 0 Å². The zero-order chi connectivity index (χ0) is 16.8. The Labute approximate surface area is 138 Å². The number of hydrogen-bond acceptors (Lipinski definition) is 3. The van der Waals surface area contributed by atoms with Gasteiger partial charge in [0.05, 0.1) is 6.04 Å². The van der Waals surface area contributed by atoms with Crippen LogP contribution < -0.4 is 16.0 Å². The number of fused-ring (bicyclic) bond motifs is 1. The molecule has 0 saturated heterocycles. The van der Waals surface area contributed by atoms with Crippen molar-refractivity contribution >= 4 is 11.8 Å². The number of nitrogens with one attached hydrogen (secondary N) is 3. The Balaban J connectivity index is 1.98. The van der Waals surface area contributed by atoms with Gasteiger partial charge in [-0.2, -0.15) is 0 Å². The van der Waals surface area contributed by atoms with Crippen LogP contribution in [0.2, 0.25) is 0 Å².